The van der Waals surface area contributed by atoms with E-state index in [0.29, 0.717) is 11.3 Å². The van der Waals surface area contributed by atoms with E-state index in [1.54, 1.807) is 0 Å². The molecular weight excluding hydrogens is 162 g/mol. The van der Waals surface area contributed by atoms with Crippen LogP contribution in [0.1, 0.15) is 5.69 Å². The van der Waals surface area contributed by atoms with Crippen LogP contribution in [0.5, 0.6) is 0 Å². The van der Waals surface area contributed by atoms with Crippen molar-refractivity contribution in [3.63, 3.8) is 0 Å². The molecule has 56 valence electrons. The van der Waals surface area contributed by atoms with Crippen LogP contribution in [-0.2, 0) is 0 Å². The molecule has 0 bridgehead atoms. The van der Waals surface area contributed by atoms with Gasteiger partial charge in [-0.25, -0.2) is 0 Å². The summed E-state index contributed by atoms with van der Waals surface area (Å²) in [5.74, 6) is 0.347. The van der Waals surface area contributed by atoms with Gasteiger partial charge in [-0.2, -0.15) is 13.8 Å². The van der Waals surface area contributed by atoms with E-state index in [9.17, 15) is 0 Å². The summed E-state index contributed by atoms with van der Waals surface area (Å²) in [6.45, 7) is 1.83. The van der Waals surface area contributed by atoms with Crippen LogP contribution in [0, 0.1) is 6.92 Å². The van der Waals surface area contributed by atoms with Gasteiger partial charge in [0.25, 0.3) is 0 Å². The molecular formula is C5H5N5S. The van der Waals surface area contributed by atoms with Crippen LogP contribution in [0.15, 0.2) is 0 Å². The van der Waals surface area contributed by atoms with Crippen molar-refractivity contribution in [1.29, 1.82) is 0 Å². The quantitative estimate of drug-likeness (QED) is 0.613. The van der Waals surface area contributed by atoms with Crippen LogP contribution in [-0.4, -0.2) is 18.9 Å². The van der Waals surface area contributed by atoms with Gasteiger partial charge in [0, 0.05) is 0 Å². The van der Waals surface area contributed by atoms with Gasteiger partial charge in [-0.3, -0.25) is 0 Å². The molecule has 0 spiro atoms. The lowest BCUT2D eigenvalue weighted by Crippen LogP contribution is -1.96. The van der Waals surface area contributed by atoms with E-state index in [4.69, 9.17) is 5.73 Å². The fourth-order valence-corrected chi connectivity index (χ4v) is 1.42. The van der Waals surface area contributed by atoms with Crippen LogP contribution >= 0.6 is 11.7 Å². The summed E-state index contributed by atoms with van der Waals surface area (Å²) >= 11 is 1.12. The van der Waals surface area contributed by atoms with E-state index in [1.807, 2.05) is 6.92 Å². The van der Waals surface area contributed by atoms with Crippen molar-refractivity contribution in [3.8, 4) is 0 Å². The maximum atomic E-state index is 5.50. The molecule has 0 fully saturated rings. The van der Waals surface area contributed by atoms with Crippen LogP contribution in [0.3, 0.4) is 0 Å². The first kappa shape index (κ1) is 6.41. The van der Waals surface area contributed by atoms with Crippen molar-refractivity contribution in [2.45, 2.75) is 6.92 Å². The highest BCUT2D eigenvalue weighted by Gasteiger charge is 2.06. The second-order valence-electron chi connectivity index (χ2n) is 2.13. The number of nitrogens with zero attached hydrogens (tertiary/aromatic N) is 4. The number of nitrogen functional groups attached to an aromatic ring is 1. The molecule has 0 saturated heterocycles. The average molecular weight is 167 g/mol. The molecule has 2 aromatic heterocycles. The molecule has 0 radical (unpaired) electrons. The molecule has 11 heavy (non-hydrogen) atoms. The lowest BCUT2D eigenvalue weighted by molar-refractivity contribution is 1.01. The van der Waals surface area contributed by atoms with Gasteiger partial charge in [0.1, 0.15) is 5.52 Å². The number of hydrogen-bond acceptors (Lipinski definition) is 6. The average Bonchev–Trinajstić information content (AvgIpc) is 2.45. The van der Waals surface area contributed by atoms with Gasteiger partial charge in [-0.1, -0.05) is 0 Å². The van der Waals surface area contributed by atoms with Crippen molar-refractivity contribution < 1.29 is 0 Å². The molecule has 0 aromatic carbocycles. The van der Waals surface area contributed by atoms with E-state index in [-0.39, 0.29) is 0 Å². The number of aryl methyl sites for hydroxylation is 1. The minimum Gasteiger partial charge on any atom is -0.380 e. The number of aromatic nitrogens is 4. The third kappa shape index (κ3) is 0.829. The first-order valence-corrected chi connectivity index (χ1v) is 3.73. The van der Waals surface area contributed by atoms with E-state index in [1.165, 1.54) is 0 Å². The van der Waals surface area contributed by atoms with Crippen LogP contribution < -0.4 is 5.73 Å². The molecule has 2 rings (SSSR count). The number of nitrogens with two attached hydrogens (primary N) is 1. The second-order valence-corrected chi connectivity index (χ2v) is 2.66. The Bertz CT molecular complexity index is 359. The predicted molar refractivity (Wildman–Crippen MR) is 42.2 cm³/mol. The van der Waals surface area contributed by atoms with Gasteiger partial charge >= 0.3 is 0 Å². The molecule has 2 N–H and O–H groups in total. The molecule has 0 unspecified atom stereocenters. The first-order chi connectivity index (χ1) is 5.29. The minimum absolute atomic E-state index is 0.347. The van der Waals surface area contributed by atoms with E-state index >= 15 is 0 Å². The SMILES string of the molecule is Cc1nnc(N)c2nsnc12. The predicted octanol–water partition coefficient (Wildman–Crippen LogP) is 0.372. The zero-order valence-electron chi connectivity index (χ0n) is 5.77. The Balaban J connectivity index is 2.96. The molecule has 5 nitrogen and oxygen atoms in total. The van der Waals surface area contributed by atoms with Crippen molar-refractivity contribution in [1.82, 2.24) is 18.9 Å². The fraction of sp³-hybridized carbons (Fsp3) is 0.200. The summed E-state index contributed by atoms with van der Waals surface area (Å²) in [5.41, 5.74) is 7.67. The molecule has 0 aliphatic heterocycles. The van der Waals surface area contributed by atoms with Gasteiger partial charge in [0.15, 0.2) is 11.3 Å². The number of rotatable bonds is 0. The Labute approximate surface area is 66.6 Å². The third-order valence-corrected chi connectivity index (χ3v) is 1.91. The molecule has 0 aliphatic carbocycles. The van der Waals surface area contributed by atoms with Crippen molar-refractivity contribution in [2.75, 3.05) is 5.73 Å². The van der Waals surface area contributed by atoms with Crippen LogP contribution in [0.4, 0.5) is 5.82 Å². The summed E-state index contributed by atoms with van der Waals surface area (Å²) in [4.78, 5) is 0. The molecule has 2 heterocycles. The van der Waals surface area contributed by atoms with E-state index in [2.05, 4.69) is 18.9 Å². The van der Waals surface area contributed by atoms with Crippen LogP contribution in [0.25, 0.3) is 11.0 Å². The van der Waals surface area contributed by atoms with E-state index < -0.39 is 0 Å². The van der Waals surface area contributed by atoms with Crippen molar-refractivity contribution >= 4 is 28.6 Å². The summed E-state index contributed by atoms with van der Waals surface area (Å²) < 4.78 is 8.01. The summed E-state index contributed by atoms with van der Waals surface area (Å²) in [5, 5.41) is 7.52. The number of fused-ring (bicyclic) bond motifs is 1. The largest absolute Gasteiger partial charge is 0.380 e. The molecule has 2 aromatic rings. The minimum atomic E-state index is 0.347. The second kappa shape index (κ2) is 2.09. The van der Waals surface area contributed by atoms with Gasteiger partial charge in [0.05, 0.1) is 17.4 Å². The Kier molecular flexibility index (Phi) is 1.22. The summed E-state index contributed by atoms with van der Waals surface area (Å²) in [6.07, 6.45) is 0. The van der Waals surface area contributed by atoms with Gasteiger partial charge in [0.2, 0.25) is 0 Å². The lowest BCUT2D eigenvalue weighted by atomic mass is 10.3. The molecule has 0 aliphatic rings. The van der Waals surface area contributed by atoms with Gasteiger partial charge in [-0.05, 0) is 6.92 Å². The smallest absolute Gasteiger partial charge is 0.175 e. The molecule has 6 heteroatoms. The normalized spacial score (nSPS) is 10.6. The van der Waals surface area contributed by atoms with Gasteiger partial charge < -0.3 is 5.73 Å². The topological polar surface area (TPSA) is 77.6 Å². The van der Waals surface area contributed by atoms with Crippen molar-refractivity contribution in [3.05, 3.63) is 5.69 Å². The Hall–Kier alpha value is -1.30. The van der Waals surface area contributed by atoms with Gasteiger partial charge in [-0.15, -0.1) is 5.10 Å². The zero-order chi connectivity index (χ0) is 7.84. The van der Waals surface area contributed by atoms with E-state index in [0.717, 1.165) is 22.9 Å². The van der Waals surface area contributed by atoms with Crippen molar-refractivity contribution in [2.24, 2.45) is 0 Å². The number of hydrogen-bond donors (Lipinski definition) is 1. The summed E-state index contributed by atoms with van der Waals surface area (Å²) in [7, 11) is 0. The Morgan fingerprint density at radius 2 is 1.91 bits per heavy atom. The van der Waals surface area contributed by atoms with Crippen LogP contribution in [0.2, 0.25) is 0 Å². The lowest BCUT2D eigenvalue weighted by Gasteiger charge is -1.92. The number of anilines is 1. The first-order valence-electron chi connectivity index (χ1n) is 3.00. The maximum absolute atomic E-state index is 5.50. The molecule has 0 amide bonds. The maximum Gasteiger partial charge on any atom is 0.175 e. The highest BCUT2D eigenvalue weighted by molar-refractivity contribution is 7.00. The third-order valence-electron chi connectivity index (χ3n) is 1.38. The monoisotopic (exact) mass is 167 g/mol. The Morgan fingerprint density at radius 1 is 1.18 bits per heavy atom. The molecule has 0 atom stereocenters. The Morgan fingerprint density at radius 3 is 2.64 bits per heavy atom. The standard InChI is InChI=1S/C5H5N5S/c1-2-3-4(10-11-9-3)5(6)8-7-2/h1H3,(H2,6,8). The highest BCUT2D eigenvalue weighted by atomic mass is 32.1. The zero-order valence-corrected chi connectivity index (χ0v) is 6.59. The summed E-state index contributed by atoms with van der Waals surface area (Å²) in [6, 6.07) is 0. The highest BCUT2D eigenvalue weighted by Crippen LogP contribution is 2.16. The fourth-order valence-electron chi connectivity index (χ4n) is 0.818. The molecule has 0 saturated carbocycles.